The van der Waals surface area contributed by atoms with Crippen LogP contribution in [-0.2, 0) is 6.61 Å². The molecule has 76 valence electrons. The van der Waals surface area contributed by atoms with Gasteiger partial charge in [0, 0.05) is 11.8 Å². The molecule has 0 fully saturated rings. The highest BCUT2D eigenvalue weighted by Gasteiger charge is 1.99. The van der Waals surface area contributed by atoms with E-state index >= 15 is 0 Å². The van der Waals surface area contributed by atoms with Crippen molar-refractivity contribution in [3.8, 4) is 11.1 Å². The highest BCUT2D eigenvalue weighted by molar-refractivity contribution is 5.62. The van der Waals surface area contributed by atoms with Crippen molar-refractivity contribution in [3.63, 3.8) is 0 Å². The van der Waals surface area contributed by atoms with Crippen molar-refractivity contribution in [1.82, 2.24) is 4.98 Å². The first kappa shape index (κ1) is 9.80. The van der Waals surface area contributed by atoms with Gasteiger partial charge in [-0.3, -0.25) is 4.98 Å². The highest BCUT2D eigenvalue weighted by Crippen LogP contribution is 2.19. The molecule has 1 heterocycles. The number of pyridine rings is 1. The van der Waals surface area contributed by atoms with Crippen molar-refractivity contribution in [1.29, 1.82) is 0 Å². The van der Waals surface area contributed by atoms with E-state index in [1.165, 1.54) is 12.3 Å². The number of benzene rings is 1. The van der Waals surface area contributed by atoms with E-state index in [1.54, 1.807) is 18.3 Å². The van der Waals surface area contributed by atoms with E-state index in [2.05, 4.69) is 4.98 Å². The van der Waals surface area contributed by atoms with Crippen LogP contribution in [0.4, 0.5) is 4.39 Å². The van der Waals surface area contributed by atoms with Crippen LogP contribution in [0.25, 0.3) is 11.1 Å². The minimum Gasteiger partial charge on any atom is -0.392 e. The molecule has 15 heavy (non-hydrogen) atoms. The number of halogens is 1. The number of hydrogen-bond donors (Lipinski definition) is 1. The zero-order valence-corrected chi connectivity index (χ0v) is 8.02. The maximum absolute atomic E-state index is 12.9. The van der Waals surface area contributed by atoms with Crippen LogP contribution >= 0.6 is 0 Å². The Balaban J connectivity index is 2.37. The molecule has 0 amide bonds. The molecule has 1 N–H and O–H groups in total. The van der Waals surface area contributed by atoms with E-state index in [0.717, 1.165) is 16.7 Å². The van der Waals surface area contributed by atoms with Gasteiger partial charge in [0.1, 0.15) is 5.82 Å². The van der Waals surface area contributed by atoms with Crippen LogP contribution in [0.1, 0.15) is 5.56 Å². The Hall–Kier alpha value is -1.74. The maximum atomic E-state index is 12.9. The number of rotatable bonds is 2. The molecule has 0 bridgehead atoms. The summed E-state index contributed by atoms with van der Waals surface area (Å²) in [6.07, 6.45) is 2.78. The fraction of sp³-hybridized carbons (Fsp3) is 0.0833. The molecule has 0 aliphatic carbocycles. The predicted octanol–water partition coefficient (Wildman–Crippen LogP) is 2.38. The number of hydrogen-bond acceptors (Lipinski definition) is 2. The van der Waals surface area contributed by atoms with Crippen LogP contribution in [0.2, 0.25) is 0 Å². The average molecular weight is 203 g/mol. The molecule has 0 radical (unpaired) electrons. The van der Waals surface area contributed by atoms with E-state index in [4.69, 9.17) is 5.11 Å². The van der Waals surface area contributed by atoms with Gasteiger partial charge in [-0.1, -0.05) is 24.3 Å². The smallest absolute Gasteiger partial charge is 0.142 e. The van der Waals surface area contributed by atoms with Gasteiger partial charge in [-0.05, 0) is 17.2 Å². The zero-order chi connectivity index (χ0) is 10.7. The first-order valence-electron chi connectivity index (χ1n) is 4.60. The lowest BCUT2D eigenvalue weighted by Gasteiger charge is -2.02. The van der Waals surface area contributed by atoms with Crippen molar-refractivity contribution in [3.05, 3.63) is 54.1 Å². The predicted molar refractivity (Wildman–Crippen MR) is 55.6 cm³/mol. The molecular formula is C12H10FNO. The Bertz CT molecular complexity index is 453. The molecule has 0 atom stereocenters. The molecule has 2 rings (SSSR count). The molecule has 1 aromatic heterocycles. The largest absolute Gasteiger partial charge is 0.392 e. The summed E-state index contributed by atoms with van der Waals surface area (Å²) in [5, 5.41) is 8.87. The average Bonchev–Trinajstić information content (AvgIpc) is 2.29. The summed E-state index contributed by atoms with van der Waals surface area (Å²) >= 11 is 0. The van der Waals surface area contributed by atoms with Crippen LogP contribution in [-0.4, -0.2) is 10.1 Å². The fourth-order valence-electron chi connectivity index (χ4n) is 1.37. The van der Waals surface area contributed by atoms with Gasteiger partial charge in [-0.2, -0.15) is 0 Å². The summed E-state index contributed by atoms with van der Waals surface area (Å²) in [5.74, 6) is -0.348. The molecule has 0 saturated carbocycles. The summed E-state index contributed by atoms with van der Waals surface area (Å²) in [6.45, 7) is 0.0156. The molecule has 0 aliphatic rings. The number of nitrogens with zero attached hydrogens (tertiary/aromatic N) is 1. The van der Waals surface area contributed by atoms with Gasteiger partial charge in [0.05, 0.1) is 12.8 Å². The van der Waals surface area contributed by atoms with Gasteiger partial charge in [-0.15, -0.1) is 0 Å². The molecule has 3 heteroatoms. The van der Waals surface area contributed by atoms with Gasteiger partial charge in [0.25, 0.3) is 0 Å². The Morgan fingerprint density at radius 3 is 2.40 bits per heavy atom. The Morgan fingerprint density at radius 1 is 1.07 bits per heavy atom. The van der Waals surface area contributed by atoms with Crippen molar-refractivity contribution in [2.45, 2.75) is 6.61 Å². The van der Waals surface area contributed by atoms with Gasteiger partial charge in [0.15, 0.2) is 0 Å². The van der Waals surface area contributed by atoms with Gasteiger partial charge < -0.3 is 5.11 Å². The summed E-state index contributed by atoms with van der Waals surface area (Å²) in [7, 11) is 0. The second-order valence-corrected chi connectivity index (χ2v) is 3.25. The minimum absolute atomic E-state index is 0.0156. The van der Waals surface area contributed by atoms with Crippen molar-refractivity contribution in [2.24, 2.45) is 0 Å². The van der Waals surface area contributed by atoms with Crippen molar-refractivity contribution in [2.75, 3.05) is 0 Å². The lowest BCUT2D eigenvalue weighted by molar-refractivity contribution is 0.282. The van der Waals surface area contributed by atoms with Gasteiger partial charge >= 0.3 is 0 Å². The van der Waals surface area contributed by atoms with Crippen LogP contribution in [0.15, 0.2) is 42.7 Å². The zero-order valence-electron chi connectivity index (χ0n) is 8.02. The van der Waals surface area contributed by atoms with Crippen LogP contribution in [0.5, 0.6) is 0 Å². The third-order valence-electron chi connectivity index (χ3n) is 2.17. The van der Waals surface area contributed by atoms with Crippen LogP contribution < -0.4 is 0 Å². The number of aliphatic hydroxyl groups excluding tert-OH is 1. The standard InChI is InChI=1S/C12H10FNO/c13-12-5-11(6-14-7-12)10-3-1-9(8-15)2-4-10/h1-7,15H,8H2. The normalized spacial score (nSPS) is 10.3. The lowest BCUT2D eigenvalue weighted by atomic mass is 10.1. The molecule has 0 spiro atoms. The third-order valence-corrected chi connectivity index (χ3v) is 2.17. The minimum atomic E-state index is -0.348. The summed E-state index contributed by atoms with van der Waals surface area (Å²) < 4.78 is 12.9. The van der Waals surface area contributed by atoms with E-state index in [9.17, 15) is 4.39 Å². The quantitative estimate of drug-likeness (QED) is 0.812. The molecule has 1 aromatic carbocycles. The summed E-state index contributed by atoms with van der Waals surface area (Å²) in [6, 6.07) is 8.71. The highest BCUT2D eigenvalue weighted by atomic mass is 19.1. The number of aliphatic hydroxyl groups is 1. The molecular weight excluding hydrogens is 193 g/mol. The van der Waals surface area contributed by atoms with Crippen molar-refractivity contribution < 1.29 is 9.50 Å². The molecule has 2 aromatic rings. The van der Waals surface area contributed by atoms with Crippen molar-refractivity contribution >= 4 is 0 Å². The summed E-state index contributed by atoms with van der Waals surface area (Å²) in [5.41, 5.74) is 2.46. The van der Waals surface area contributed by atoms with E-state index < -0.39 is 0 Å². The van der Waals surface area contributed by atoms with Gasteiger partial charge in [-0.25, -0.2) is 4.39 Å². The van der Waals surface area contributed by atoms with Crippen LogP contribution in [0, 0.1) is 5.82 Å². The maximum Gasteiger partial charge on any atom is 0.142 e. The van der Waals surface area contributed by atoms with E-state index in [0.29, 0.717) is 0 Å². The SMILES string of the molecule is OCc1ccc(-c2cncc(F)c2)cc1. The fourth-order valence-corrected chi connectivity index (χ4v) is 1.37. The monoisotopic (exact) mass is 203 g/mol. The third kappa shape index (κ3) is 2.19. The molecule has 0 aliphatic heterocycles. The Morgan fingerprint density at radius 2 is 1.80 bits per heavy atom. The lowest BCUT2D eigenvalue weighted by Crippen LogP contribution is -1.85. The Labute approximate surface area is 87.0 Å². The molecule has 0 unspecified atom stereocenters. The first-order valence-corrected chi connectivity index (χ1v) is 4.60. The topological polar surface area (TPSA) is 33.1 Å². The Kier molecular flexibility index (Phi) is 2.74. The number of aromatic nitrogens is 1. The van der Waals surface area contributed by atoms with E-state index in [1.807, 2.05) is 12.1 Å². The molecule has 2 nitrogen and oxygen atoms in total. The second-order valence-electron chi connectivity index (χ2n) is 3.25. The van der Waals surface area contributed by atoms with Gasteiger partial charge in [0.2, 0.25) is 0 Å². The van der Waals surface area contributed by atoms with Crippen LogP contribution in [0.3, 0.4) is 0 Å². The van der Waals surface area contributed by atoms with E-state index in [-0.39, 0.29) is 12.4 Å². The first-order chi connectivity index (χ1) is 7.29. The molecule has 0 saturated heterocycles. The summed E-state index contributed by atoms with van der Waals surface area (Å²) in [4.78, 5) is 3.78. The second kappa shape index (κ2) is 4.19.